The van der Waals surface area contributed by atoms with Gasteiger partial charge in [0, 0.05) is 22.8 Å². The molecule has 1 amide bonds. The number of hydrogen-bond acceptors (Lipinski definition) is 5. The molecule has 0 saturated carbocycles. The number of ether oxygens (including phenoxy) is 2. The normalized spacial score (nSPS) is 11.0. The predicted molar refractivity (Wildman–Crippen MR) is 131 cm³/mol. The standard InChI is InChI=1S/C27H27N3O4/c1-17-7-6-8-25(19(17)3)29-26(31)16-34-27(32)22(15-28)14-21-13-18(2)30(20(21)4)23-9-11-24(33-5)12-10-23/h6-14H,16H2,1-5H3,(H,29,31)/b22-14+. The van der Waals surface area contributed by atoms with Gasteiger partial charge in [0.1, 0.15) is 17.4 Å². The Balaban J connectivity index is 1.73. The monoisotopic (exact) mass is 457 g/mol. The van der Waals surface area contributed by atoms with E-state index in [1.807, 2.05) is 80.8 Å². The van der Waals surface area contributed by atoms with Crippen molar-refractivity contribution in [1.29, 1.82) is 5.26 Å². The van der Waals surface area contributed by atoms with E-state index in [1.54, 1.807) is 13.2 Å². The molecule has 0 radical (unpaired) electrons. The van der Waals surface area contributed by atoms with Crippen molar-refractivity contribution >= 4 is 23.6 Å². The van der Waals surface area contributed by atoms with Gasteiger partial charge in [-0.1, -0.05) is 12.1 Å². The fourth-order valence-electron chi connectivity index (χ4n) is 3.64. The zero-order chi connectivity index (χ0) is 24.8. The summed E-state index contributed by atoms with van der Waals surface area (Å²) in [5, 5.41) is 12.3. The van der Waals surface area contributed by atoms with Crippen molar-refractivity contribution in [1.82, 2.24) is 4.57 Å². The van der Waals surface area contributed by atoms with Gasteiger partial charge < -0.3 is 19.4 Å². The topological polar surface area (TPSA) is 93.3 Å². The lowest BCUT2D eigenvalue weighted by atomic mass is 10.1. The molecule has 7 heteroatoms. The lowest BCUT2D eigenvalue weighted by Crippen LogP contribution is -2.22. The molecule has 0 aliphatic rings. The summed E-state index contributed by atoms with van der Waals surface area (Å²) in [4.78, 5) is 24.7. The largest absolute Gasteiger partial charge is 0.497 e. The van der Waals surface area contributed by atoms with Gasteiger partial charge in [0.05, 0.1) is 7.11 Å². The third-order valence-corrected chi connectivity index (χ3v) is 5.65. The first-order valence-corrected chi connectivity index (χ1v) is 10.7. The minimum Gasteiger partial charge on any atom is -0.497 e. The number of esters is 1. The highest BCUT2D eigenvalue weighted by molar-refractivity contribution is 6.00. The zero-order valence-electron chi connectivity index (χ0n) is 19.9. The van der Waals surface area contributed by atoms with E-state index in [0.717, 1.165) is 34.0 Å². The maximum absolute atomic E-state index is 12.5. The fourth-order valence-corrected chi connectivity index (χ4v) is 3.64. The highest BCUT2D eigenvalue weighted by Crippen LogP contribution is 2.24. The van der Waals surface area contributed by atoms with Gasteiger partial charge in [-0.2, -0.15) is 5.26 Å². The van der Waals surface area contributed by atoms with E-state index in [2.05, 4.69) is 5.32 Å². The summed E-state index contributed by atoms with van der Waals surface area (Å²) in [5.74, 6) is -0.577. The number of benzene rings is 2. The van der Waals surface area contributed by atoms with E-state index in [9.17, 15) is 14.9 Å². The van der Waals surface area contributed by atoms with Crippen LogP contribution in [0.1, 0.15) is 28.1 Å². The van der Waals surface area contributed by atoms with Crippen molar-refractivity contribution in [3.8, 4) is 17.5 Å². The Morgan fingerprint density at radius 1 is 1.09 bits per heavy atom. The summed E-state index contributed by atoms with van der Waals surface area (Å²) in [5.41, 5.74) is 5.88. The molecule has 7 nitrogen and oxygen atoms in total. The van der Waals surface area contributed by atoms with Gasteiger partial charge in [0.15, 0.2) is 6.61 Å². The molecule has 0 aliphatic heterocycles. The molecule has 2 aromatic carbocycles. The number of carbonyl (C=O) groups excluding carboxylic acids is 2. The third-order valence-electron chi connectivity index (χ3n) is 5.65. The van der Waals surface area contributed by atoms with Gasteiger partial charge in [-0.3, -0.25) is 4.79 Å². The molecule has 0 bridgehead atoms. The van der Waals surface area contributed by atoms with Crippen molar-refractivity contribution in [3.05, 3.63) is 82.2 Å². The molecule has 0 unspecified atom stereocenters. The van der Waals surface area contributed by atoms with E-state index in [4.69, 9.17) is 9.47 Å². The van der Waals surface area contributed by atoms with Crippen molar-refractivity contribution < 1.29 is 19.1 Å². The Bertz CT molecular complexity index is 1290. The zero-order valence-corrected chi connectivity index (χ0v) is 19.9. The van der Waals surface area contributed by atoms with Gasteiger partial charge >= 0.3 is 5.97 Å². The predicted octanol–water partition coefficient (Wildman–Crippen LogP) is 4.81. The highest BCUT2D eigenvalue weighted by Gasteiger charge is 2.16. The Hall–Kier alpha value is -4.31. The molecular weight excluding hydrogens is 430 g/mol. The van der Waals surface area contributed by atoms with Crippen LogP contribution in [0, 0.1) is 39.0 Å². The van der Waals surface area contributed by atoms with Gasteiger partial charge in [0.2, 0.25) is 0 Å². The summed E-state index contributed by atoms with van der Waals surface area (Å²) in [6, 6.07) is 16.9. The summed E-state index contributed by atoms with van der Waals surface area (Å²) in [6.07, 6.45) is 1.48. The van der Waals surface area contributed by atoms with E-state index >= 15 is 0 Å². The van der Waals surface area contributed by atoms with Crippen molar-refractivity contribution in [2.24, 2.45) is 0 Å². The average Bonchev–Trinajstić information content (AvgIpc) is 3.11. The smallest absolute Gasteiger partial charge is 0.349 e. The minimum absolute atomic E-state index is 0.186. The number of aryl methyl sites for hydroxylation is 2. The van der Waals surface area contributed by atoms with E-state index in [0.29, 0.717) is 11.3 Å². The van der Waals surface area contributed by atoms with Crippen molar-refractivity contribution in [3.63, 3.8) is 0 Å². The molecule has 3 rings (SSSR count). The van der Waals surface area contributed by atoms with Gasteiger partial charge in [0.25, 0.3) is 5.91 Å². The molecule has 0 fully saturated rings. The molecule has 34 heavy (non-hydrogen) atoms. The summed E-state index contributed by atoms with van der Waals surface area (Å²) in [6.45, 7) is 7.20. The number of nitriles is 1. The van der Waals surface area contributed by atoms with E-state index in [-0.39, 0.29) is 5.57 Å². The lowest BCUT2D eigenvalue weighted by molar-refractivity contribution is -0.142. The average molecular weight is 458 g/mol. The molecule has 1 heterocycles. The molecule has 0 saturated heterocycles. The van der Waals surface area contributed by atoms with Crippen LogP contribution in [0.3, 0.4) is 0 Å². The molecular formula is C27H27N3O4. The first-order valence-electron chi connectivity index (χ1n) is 10.7. The van der Waals surface area contributed by atoms with Gasteiger partial charge in [-0.05, 0) is 86.9 Å². The number of anilines is 1. The van der Waals surface area contributed by atoms with Crippen LogP contribution in [0.15, 0.2) is 54.1 Å². The maximum Gasteiger partial charge on any atom is 0.349 e. The Morgan fingerprint density at radius 2 is 1.79 bits per heavy atom. The number of carbonyl (C=O) groups is 2. The number of hydrogen-bond donors (Lipinski definition) is 1. The Kier molecular flexibility index (Phi) is 7.54. The second-order valence-corrected chi connectivity index (χ2v) is 7.90. The first kappa shape index (κ1) is 24.3. The Labute approximate surface area is 199 Å². The quantitative estimate of drug-likeness (QED) is 0.312. The number of nitrogens with zero attached hydrogens (tertiary/aromatic N) is 2. The van der Waals surface area contributed by atoms with Crippen LogP contribution >= 0.6 is 0 Å². The number of rotatable bonds is 7. The van der Waals surface area contributed by atoms with Crippen molar-refractivity contribution in [2.45, 2.75) is 27.7 Å². The van der Waals surface area contributed by atoms with Crippen LogP contribution < -0.4 is 10.1 Å². The molecule has 1 N–H and O–H groups in total. The van der Waals surface area contributed by atoms with E-state index in [1.165, 1.54) is 6.08 Å². The fraction of sp³-hybridized carbons (Fsp3) is 0.222. The summed E-state index contributed by atoms with van der Waals surface area (Å²) >= 11 is 0. The van der Waals surface area contributed by atoms with Crippen LogP contribution in [0.4, 0.5) is 5.69 Å². The molecule has 174 valence electrons. The van der Waals surface area contributed by atoms with Crippen LogP contribution in [-0.4, -0.2) is 30.2 Å². The first-order chi connectivity index (χ1) is 16.2. The highest BCUT2D eigenvalue weighted by atomic mass is 16.5. The molecule has 0 spiro atoms. The number of nitrogens with one attached hydrogen (secondary N) is 1. The molecule has 3 aromatic rings. The molecule has 0 aliphatic carbocycles. The van der Waals surface area contributed by atoms with Crippen LogP contribution in [0.2, 0.25) is 0 Å². The number of amides is 1. The van der Waals surface area contributed by atoms with Gasteiger partial charge in [-0.25, -0.2) is 4.79 Å². The Morgan fingerprint density at radius 3 is 2.44 bits per heavy atom. The van der Waals surface area contributed by atoms with Crippen LogP contribution in [0.25, 0.3) is 11.8 Å². The summed E-state index contributed by atoms with van der Waals surface area (Å²) in [7, 11) is 1.61. The third kappa shape index (κ3) is 5.36. The molecule has 0 atom stereocenters. The maximum atomic E-state index is 12.5. The van der Waals surface area contributed by atoms with Crippen LogP contribution in [-0.2, 0) is 14.3 Å². The lowest BCUT2D eigenvalue weighted by Gasteiger charge is -2.11. The second kappa shape index (κ2) is 10.5. The van der Waals surface area contributed by atoms with Crippen LogP contribution in [0.5, 0.6) is 5.75 Å². The number of aromatic nitrogens is 1. The van der Waals surface area contributed by atoms with E-state index < -0.39 is 18.5 Å². The number of methoxy groups -OCH3 is 1. The second-order valence-electron chi connectivity index (χ2n) is 7.90. The molecule has 1 aromatic heterocycles. The minimum atomic E-state index is -0.854. The van der Waals surface area contributed by atoms with Gasteiger partial charge in [-0.15, -0.1) is 0 Å². The SMILES string of the molecule is COc1ccc(-n2c(C)cc(/C=C(\C#N)C(=O)OCC(=O)Nc3cccc(C)c3C)c2C)cc1. The van der Waals surface area contributed by atoms with Crippen molar-refractivity contribution in [2.75, 3.05) is 19.0 Å². The summed E-state index contributed by atoms with van der Waals surface area (Å²) < 4.78 is 12.3.